The van der Waals surface area contributed by atoms with E-state index < -0.39 is 0 Å². The number of hydrogen-bond donors (Lipinski definition) is 0. The summed E-state index contributed by atoms with van der Waals surface area (Å²) in [6, 6.07) is 10.1. The average molecular weight is 343 g/mol. The molecule has 1 fully saturated rings. The van der Waals surface area contributed by atoms with Gasteiger partial charge in [-0.25, -0.2) is 0 Å². The molecule has 1 aromatic carbocycles. The first-order valence-corrected chi connectivity index (χ1v) is 8.68. The number of rotatable bonds is 5. The summed E-state index contributed by atoms with van der Waals surface area (Å²) in [5.41, 5.74) is 3.02. The van der Waals surface area contributed by atoms with E-state index in [4.69, 9.17) is 9.26 Å². The van der Waals surface area contributed by atoms with Gasteiger partial charge >= 0.3 is 0 Å². The largest absolute Gasteiger partial charge is 0.377 e. The fourth-order valence-electron chi connectivity index (χ4n) is 3.15. The molecule has 1 amide bonds. The summed E-state index contributed by atoms with van der Waals surface area (Å²) in [4.78, 5) is 16.9. The van der Waals surface area contributed by atoms with Crippen LogP contribution in [0.2, 0.25) is 0 Å². The smallest absolute Gasteiger partial charge is 0.276 e. The third-order valence-corrected chi connectivity index (χ3v) is 4.60. The van der Waals surface area contributed by atoms with Gasteiger partial charge in [-0.3, -0.25) is 9.69 Å². The van der Waals surface area contributed by atoms with E-state index in [0.29, 0.717) is 24.6 Å². The van der Waals surface area contributed by atoms with Gasteiger partial charge in [0.25, 0.3) is 5.91 Å². The van der Waals surface area contributed by atoms with E-state index in [2.05, 4.69) is 41.2 Å². The highest BCUT2D eigenvalue weighted by Gasteiger charge is 2.23. The number of hydrogen-bond acceptors (Lipinski definition) is 5. The Morgan fingerprint density at radius 3 is 2.88 bits per heavy atom. The molecule has 1 aromatic heterocycles. The lowest BCUT2D eigenvalue weighted by atomic mass is 10.1. The number of aryl methyl sites for hydroxylation is 1. The van der Waals surface area contributed by atoms with Crippen molar-refractivity contribution in [1.29, 1.82) is 0 Å². The Morgan fingerprint density at radius 2 is 2.08 bits per heavy atom. The van der Waals surface area contributed by atoms with Gasteiger partial charge < -0.3 is 14.2 Å². The Hall–Kier alpha value is -2.18. The topological polar surface area (TPSA) is 58.8 Å². The fourth-order valence-corrected chi connectivity index (χ4v) is 3.15. The second kappa shape index (κ2) is 8.27. The lowest BCUT2D eigenvalue weighted by molar-refractivity contribution is 0.0750. The number of ether oxygens (including phenoxy) is 1. The van der Waals surface area contributed by atoms with Crippen LogP contribution in [0.5, 0.6) is 0 Å². The summed E-state index contributed by atoms with van der Waals surface area (Å²) in [6.45, 7) is 6.70. The van der Waals surface area contributed by atoms with Crippen LogP contribution in [-0.2, 0) is 17.9 Å². The Bertz CT molecular complexity index is 713. The first-order chi connectivity index (χ1) is 12.2. The van der Waals surface area contributed by atoms with Crippen molar-refractivity contribution in [1.82, 2.24) is 15.0 Å². The lowest BCUT2D eigenvalue weighted by Crippen LogP contribution is -2.35. The van der Waals surface area contributed by atoms with Crippen LogP contribution in [0.15, 0.2) is 34.9 Å². The molecule has 0 atom stereocenters. The van der Waals surface area contributed by atoms with Crippen LogP contribution in [0.1, 0.15) is 33.8 Å². The van der Waals surface area contributed by atoms with Gasteiger partial charge in [-0.2, -0.15) is 0 Å². The molecule has 0 aliphatic carbocycles. The summed E-state index contributed by atoms with van der Waals surface area (Å²) in [5.74, 6) is 0.505. The molecule has 0 bridgehead atoms. The van der Waals surface area contributed by atoms with E-state index in [1.165, 1.54) is 11.1 Å². The van der Waals surface area contributed by atoms with Crippen LogP contribution in [0.25, 0.3) is 0 Å². The molecule has 6 heteroatoms. The number of amides is 1. The van der Waals surface area contributed by atoms with Gasteiger partial charge in [0.15, 0.2) is 11.5 Å². The van der Waals surface area contributed by atoms with E-state index in [1.807, 2.05) is 4.90 Å². The van der Waals surface area contributed by atoms with Crippen molar-refractivity contribution in [2.24, 2.45) is 0 Å². The maximum Gasteiger partial charge on any atom is 0.276 e. The van der Waals surface area contributed by atoms with Crippen molar-refractivity contribution in [2.75, 3.05) is 33.3 Å². The van der Waals surface area contributed by atoms with Gasteiger partial charge in [-0.05, 0) is 24.5 Å². The first kappa shape index (κ1) is 17.6. The number of carbonyl (C=O) groups is 1. The predicted molar refractivity (Wildman–Crippen MR) is 94.2 cm³/mol. The molecule has 0 radical (unpaired) electrons. The monoisotopic (exact) mass is 343 g/mol. The molecule has 0 unspecified atom stereocenters. The molecule has 0 N–H and O–H groups in total. The first-order valence-electron chi connectivity index (χ1n) is 8.68. The quantitative estimate of drug-likeness (QED) is 0.835. The van der Waals surface area contributed by atoms with Gasteiger partial charge in [0, 0.05) is 45.9 Å². The van der Waals surface area contributed by atoms with Crippen LogP contribution in [0.3, 0.4) is 0 Å². The third-order valence-electron chi connectivity index (χ3n) is 4.60. The number of aromatic nitrogens is 1. The third kappa shape index (κ3) is 4.46. The maximum absolute atomic E-state index is 12.6. The van der Waals surface area contributed by atoms with Gasteiger partial charge in [-0.1, -0.05) is 29.4 Å². The number of methoxy groups -OCH3 is 1. The number of benzene rings is 1. The van der Waals surface area contributed by atoms with Crippen molar-refractivity contribution >= 4 is 5.91 Å². The zero-order valence-electron chi connectivity index (χ0n) is 14.9. The summed E-state index contributed by atoms with van der Waals surface area (Å²) < 4.78 is 10.1. The summed E-state index contributed by atoms with van der Waals surface area (Å²) in [5, 5.41) is 3.88. The fraction of sp³-hybridized carbons (Fsp3) is 0.474. The Balaban J connectivity index is 1.59. The molecule has 2 heterocycles. The Kier molecular flexibility index (Phi) is 5.83. The van der Waals surface area contributed by atoms with E-state index >= 15 is 0 Å². The molecular weight excluding hydrogens is 318 g/mol. The summed E-state index contributed by atoms with van der Waals surface area (Å²) in [7, 11) is 1.59. The molecule has 134 valence electrons. The Morgan fingerprint density at radius 1 is 1.24 bits per heavy atom. The zero-order valence-corrected chi connectivity index (χ0v) is 14.9. The van der Waals surface area contributed by atoms with Crippen molar-refractivity contribution in [2.45, 2.75) is 26.5 Å². The van der Waals surface area contributed by atoms with Gasteiger partial charge in [0.1, 0.15) is 6.61 Å². The Labute approximate surface area is 148 Å². The van der Waals surface area contributed by atoms with Gasteiger partial charge in [0.2, 0.25) is 0 Å². The highest BCUT2D eigenvalue weighted by molar-refractivity contribution is 5.92. The van der Waals surface area contributed by atoms with Crippen LogP contribution in [0.4, 0.5) is 0 Å². The van der Waals surface area contributed by atoms with Crippen LogP contribution in [-0.4, -0.2) is 54.2 Å². The van der Waals surface area contributed by atoms with Crippen LogP contribution < -0.4 is 0 Å². The second-order valence-corrected chi connectivity index (χ2v) is 6.46. The van der Waals surface area contributed by atoms with Crippen molar-refractivity contribution in [3.8, 4) is 0 Å². The molecule has 1 saturated heterocycles. The maximum atomic E-state index is 12.6. The highest BCUT2D eigenvalue weighted by Crippen LogP contribution is 2.14. The van der Waals surface area contributed by atoms with E-state index in [0.717, 1.165) is 32.6 Å². The van der Waals surface area contributed by atoms with E-state index in [9.17, 15) is 4.79 Å². The van der Waals surface area contributed by atoms with E-state index in [1.54, 1.807) is 13.2 Å². The average Bonchev–Trinajstić information content (AvgIpc) is 2.95. The summed E-state index contributed by atoms with van der Waals surface area (Å²) in [6.07, 6.45) is 0.959. The van der Waals surface area contributed by atoms with Crippen molar-refractivity contribution < 1.29 is 14.1 Å². The highest BCUT2D eigenvalue weighted by atomic mass is 16.5. The molecule has 1 aliphatic heterocycles. The minimum absolute atomic E-state index is 0.0659. The SMILES string of the molecule is COCc1cc(C(=O)N2CCCN(Cc3ccccc3C)CC2)no1. The normalized spacial score (nSPS) is 16.0. The lowest BCUT2D eigenvalue weighted by Gasteiger charge is -2.22. The molecule has 25 heavy (non-hydrogen) atoms. The molecule has 6 nitrogen and oxygen atoms in total. The molecule has 2 aromatic rings. The molecule has 0 spiro atoms. The zero-order chi connectivity index (χ0) is 17.6. The molecular formula is C19H25N3O3. The van der Waals surface area contributed by atoms with Gasteiger partial charge in [-0.15, -0.1) is 0 Å². The number of carbonyl (C=O) groups excluding carboxylic acids is 1. The minimum Gasteiger partial charge on any atom is -0.377 e. The standard InChI is InChI=1S/C19H25N3O3/c1-15-6-3-4-7-16(15)13-21-8-5-9-22(11-10-21)19(23)18-12-17(14-24-2)25-20-18/h3-4,6-7,12H,5,8-11,13-14H2,1-2H3. The van der Waals surface area contributed by atoms with Crippen molar-refractivity contribution in [3.63, 3.8) is 0 Å². The molecule has 1 aliphatic rings. The van der Waals surface area contributed by atoms with Crippen molar-refractivity contribution in [3.05, 3.63) is 52.9 Å². The summed E-state index contributed by atoms with van der Waals surface area (Å²) >= 11 is 0. The second-order valence-electron chi connectivity index (χ2n) is 6.46. The predicted octanol–water partition coefficient (Wildman–Crippen LogP) is 2.48. The van der Waals surface area contributed by atoms with Crippen LogP contribution >= 0.6 is 0 Å². The van der Waals surface area contributed by atoms with Crippen LogP contribution in [0, 0.1) is 6.92 Å². The molecule has 0 saturated carbocycles. The minimum atomic E-state index is -0.0659. The molecule has 3 rings (SSSR count). The number of nitrogens with zero attached hydrogens (tertiary/aromatic N) is 3. The van der Waals surface area contributed by atoms with E-state index in [-0.39, 0.29) is 5.91 Å². The van der Waals surface area contributed by atoms with Gasteiger partial charge in [0.05, 0.1) is 0 Å².